The minimum absolute atomic E-state index is 0.0627. The molecule has 2 rings (SSSR count). The van der Waals surface area contributed by atoms with Crippen molar-refractivity contribution in [2.45, 2.75) is 38.1 Å². The molecule has 1 amide bonds. The summed E-state index contributed by atoms with van der Waals surface area (Å²) < 4.78 is 31.1. The molecule has 2 aliphatic heterocycles. The first kappa shape index (κ1) is 20.1. The van der Waals surface area contributed by atoms with Crippen LogP contribution in [0.25, 0.3) is 0 Å². The fourth-order valence-corrected chi connectivity index (χ4v) is 5.42. The molecule has 25 heavy (non-hydrogen) atoms. The van der Waals surface area contributed by atoms with Crippen LogP contribution < -0.4 is 0 Å². The number of likely N-dealkylation sites (N-methyl/N-ethyl adjacent to an activating group) is 2. The third-order valence-corrected chi connectivity index (χ3v) is 7.43. The number of carbonyl (C=O) groups excluding carboxylic acids is 2. The molecule has 0 N–H and O–H groups in total. The largest absolute Gasteiger partial charge is 0.467 e. The Labute approximate surface area is 150 Å². The van der Waals surface area contributed by atoms with Crippen LogP contribution in [0.5, 0.6) is 0 Å². The van der Waals surface area contributed by atoms with E-state index >= 15 is 0 Å². The van der Waals surface area contributed by atoms with Gasteiger partial charge in [-0.25, -0.2) is 17.5 Å². The summed E-state index contributed by atoms with van der Waals surface area (Å²) in [7, 11) is 1.42. The maximum Gasteiger partial charge on any atom is 0.328 e. The van der Waals surface area contributed by atoms with E-state index in [1.807, 2.05) is 13.8 Å². The van der Waals surface area contributed by atoms with Crippen LogP contribution in [0.4, 0.5) is 0 Å². The summed E-state index contributed by atoms with van der Waals surface area (Å²) in [6.45, 7) is 5.00. The van der Waals surface area contributed by atoms with E-state index in [4.69, 9.17) is 4.74 Å². The van der Waals surface area contributed by atoms with Crippen LogP contribution >= 0.6 is 0 Å². The van der Waals surface area contributed by atoms with E-state index in [1.54, 1.807) is 19.0 Å². The van der Waals surface area contributed by atoms with Gasteiger partial charge in [-0.15, -0.1) is 0 Å². The third-order valence-electron chi connectivity index (χ3n) is 5.15. The van der Waals surface area contributed by atoms with E-state index in [-0.39, 0.29) is 17.7 Å². The van der Waals surface area contributed by atoms with Gasteiger partial charge in [0.25, 0.3) is 0 Å². The highest BCUT2D eigenvalue weighted by molar-refractivity contribution is 7.90. The lowest BCUT2D eigenvalue weighted by molar-refractivity contribution is -0.155. The van der Waals surface area contributed by atoms with Gasteiger partial charge < -0.3 is 9.64 Å². The molecule has 2 saturated heterocycles. The maximum atomic E-state index is 12.8. The summed E-state index contributed by atoms with van der Waals surface area (Å²) >= 11 is 0. The topological polar surface area (TPSA) is 87.0 Å². The van der Waals surface area contributed by atoms with Crippen molar-refractivity contribution < 1.29 is 22.7 Å². The van der Waals surface area contributed by atoms with Crippen LogP contribution in [0.1, 0.15) is 26.7 Å². The van der Waals surface area contributed by atoms with Crippen molar-refractivity contribution in [3.8, 4) is 0 Å². The lowest BCUT2D eigenvalue weighted by atomic mass is 9.94. The zero-order valence-corrected chi connectivity index (χ0v) is 16.5. The first-order chi connectivity index (χ1) is 11.6. The summed E-state index contributed by atoms with van der Waals surface area (Å²) in [6, 6.07) is -0.626. The Morgan fingerprint density at radius 2 is 1.72 bits per heavy atom. The fourth-order valence-electron chi connectivity index (χ4n) is 3.47. The molecule has 2 heterocycles. The van der Waals surface area contributed by atoms with Gasteiger partial charge in [-0.05, 0) is 25.8 Å². The molecule has 0 bridgehead atoms. The fraction of sp³-hybridized carbons (Fsp3) is 0.875. The highest BCUT2D eigenvalue weighted by Gasteiger charge is 2.46. The van der Waals surface area contributed by atoms with Crippen LogP contribution in [-0.4, -0.2) is 86.7 Å². The van der Waals surface area contributed by atoms with Gasteiger partial charge >= 0.3 is 5.97 Å². The summed E-state index contributed by atoms with van der Waals surface area (Å²) in [6.07, 6.45) is 0.954. The lowest BCUT2D eigenvalue weighted by Crippen LogP contribution is -2.50. The number of hydrogen-bond donors (Lipinski definition) is 0. The van der Waals surface area contributed by atoms with Crippen molar-refractivity contribution in [2.75, 3.05) is 40.8 Å². The number of hydrogen-bond acceptors (Lipinski definition) is 6. The average molecular weight is 375 g/mol. The van der Waals surface area contributed by atoms with Gasteiger partial charge in [0.15, 0.2) is 0 Å². The summed E-state index contributed by atoms with van der Waals surface area (Å²) in [5, 5.41) is -0.410. The second-order valence-corrected chi connectivity index (χ2v) is 9.36. The standard InChI is InChI=1S/C16H29N3O5S/c1-11(2)14(16(21)24-5)18(4)15(20)12-6-8-19(9-7-12)25(22,23)13-10-17(13)3/h11-14H,6-10H2,1-5H3/t13?,14-,17?/m0/s1. The molecule has 8 nitrogen and oxygen atoms in total. The Bertz CT molecular complexity index is 613. The Morgan fingerprint density at radius 1 is 1.20 bits per heavy atom. The Morgan fingerprint density at radius 3 is 2.12 bits per heavy atom. The number of ether oxygens (including phenoxy) is 1. The summed E-state index contributed by atoms with van der Waals surface area (Å²) in [4.78, 5) is 28.0. The van der Waals surface area contributed by atoms with Crippen LogP contribution in [0.2, 0.25) is 0 Å². The van der Waals surface area contributed by atoms with Crippen LogP contribution in [-0.2, 0) is 24.3 Å². The predicted octanol–water partition coefficient (Wildman–Crippen LogP) is -0.0443. The SMILES string of the molecule is COC(=O)[C@H](C(C)C)N(C)C(=O)C1CCN(S(=O)(=O)C2CN2C)CC1. The van der Waals surface area contributed by atoms with Crippen molar-refractivity contribution in [1.29, 1.82) is 0 Å². The second-order valence-electron chi connectivity index (χ2n) is 7.27. The van der Waals surface area contributed by atoms with Gasteiger partial charge in [-0.2, -0.15) is 0 Å². The quantitative estimate of drug-likeness (QED) is 0.478. The van der Waals surface area contributed by atoms with E-state index in [9.17, 15) is 18.0 Å². The molecule has 0 spiro atoms. The highest BCUT2D eigenvalue weighted by atomic mass is 32.2. The summed E-state index contributed by atoms with van der Waals surface area (Å²) in [5.74, 6) is -0.876. The van der Waals surface area contributed by atoms with Crippen molar-refractivity contribution in [1.82, 2.24) is 14.1 Å². The number of piperidine rings is 1. The van der Waals surface area contributed by atoms with Gasteiger partial charge in [0.05, 0.1) is 7.11 Å². The van der Waals surface area contributed by atoms with Crippen molar-refractivity contribution in [3.05, 3.63) is 0 Å². The lowest BCUT2D eigenvalue weighted by Gasteiger charge is -2.35. The zero-order valence-electron chi connectivity index (χ0n) is 15.6. The first-order valence-electron chi connectivity index (χ1n) is 8.65. The summed E-state index contributed by atoms with van der Waals surface area (Å²) in [5.41, 5.74) is 0. The molecule has 0 saturated carbocycles. The molecule has 0 radical (unpaired) electrons. The Hall–Kier alpha value is -1.19. The van der Waals surface area contributed by atoms with Crippen molar-refractivity contribution in [2.24, 2.45) is 11.8 Å². The second kappa shape index (κ2) is 7.59. The molecule has 144 valence electrons. The highest BCUT2D eigenvalue weighted by Crippen LogP contribution is 2.29. The van der Waals surface area contributed by atoms with Crippen LogP contribution in [0.15, 0.2) is 0 Å². The molecule has 9 heteroatoms. The number of carbonyl (C=O) groups is 2. The number of nitrogens with zero attached hydrogens (tertiary/aromatic N) is 3. The normalized spacial score (nSPS) is 26.3. The van der Waals surface area contributed by atoms with Crippen molar-refractivity contribution >= 4 is 21.9 Å². The Kier molecular flexibility index (Phi) is 6.11. The number of methoxy groups -OCH3 is 1. The number of esters is 1. The molecule has 2 fully saturated rings. The molecular formula is C16H29N3O5S. The first-order valence-corrected chi connectivity index (χ1v) is 10.1. The van der Waals surface area contributed by atoms with E-state index < -0.39 is 27.4 Å². The van der Waals surface area contributed by atoms with Crippen LogP contribution in [0, 0.1) is 11.8 Å². The smallest absolute Gasteiger partial charge is 0.328 e. The van der Waals surface area contributed by atoms with E-state index in [2.05, 4.69) is 0 Å². The van der Waals surface area contributed by atoms with Crippen molar-refractivity contribution in [3.63, 3.8) is 0 Å². The molecular weight excluding hydrogens is 346 g/mol. The van der Waals surface area contributed by atoms with Crippen LogP contribution in [0.3, 0.4) is 0 Å². The minimum atomic E-state index is -3.29. The number of rotatable bonds is 6. The molecule has 0 aromatic heterocycles. The third kappa shape index (κ3) is 4.15. The zero-order chi connectivity index (χ0) is 18.9. The molecule has 3 atom stereocenters. The molecule has 2 aliphatic rings. The minimum Gasteiger partial charge on any atom is -0.467 e. The van der Waals surface area contributed by atoms with E-state index in [1.165, 1.54) is 16.3 Å². The van der Waals surface area contributed by atoms with E-state index in [0.29, 0.717) is 32.5 Å². The van der Waals surface area contributed by atoms with Gasteiger partial charge in [0.1, 0.15) is 11.4 Å². The molecule has 0 aliphatic carbocycles. The predicted molar refractivity (Wildman–Crippen MR) is 93.0 cm³/mol. The number of sulfonamides is 1. The molecule has 0 aromatic carbocycles. The van der Waals surface area contributed by atoms with Gasteiger partial charge in [0.2, 0.25) is 15.9 Å². The average Bonchev–Trinajstić information content (AvgIpc) is 3.31. The molecule has 2 unspecified atom stereocenters. The maximum absolute atomic E-state index is 12.8. The van der Waals surface area contributed by atoms with Gasteiger partial charge in [-0.1, -0.05) is 13.8 Å². The van der Waals surface area contributed by atoms with Gasteiger partial charge in [-0.3, -0.25) is 9.69 Å². The monoisotopic (exact) mass is 375 g/mol. The van der Waals surface area contributed by atoms with E-state index in [0.717, 1.165) is 0 Å². The van der Waals surface area contributed by atoms with Gasteiger partial charge in [0, 0.05) is 32.6 Å². The Balaban J connectivity index is 1.97. The molecule has 0 aromatic rings. The number of amides is 1.